The highest BCUT2D eigenvalue weighted by Gasteiger charge is 2.25. The van der Waals surface area contributed by atoms with Crippen molar-refractivity contribution in [2.75, 3.05) is 6.54 Å². The number of aryl methyl sites for hydroxylation is 1. The highest BCUT2D eigenvalue weighted by Crippen LogP contribution is 2.14. The summed E-state index contributed by atoms with van der Waals surface area (Å²) in [6.07, 6.45) is 2.68. The molecule has 1 N–H and O–H groups in total. The summed E-state index contributed by atoms with van der Waals surface area (Å²) in [5, 5.41) is 6.85. The standard InChI is InChI=1S/C14H26N4O/c1-6-11(7-2)18(9-10(4)5)14(19)13-15-12(8-3)16-17-13/h10-11H,6-9H2,1-5H3,(H,15,16,17). The van der Waals surface area contributed by atoms with Crippen molar-refractivity contribution in [2.45, 2.75) is 59.9 Å². The van der Waals surface area contributed by atoms with Crippen LogP contribution in [0.4, 0.5) is 0 Å². The Labute approximate surface area is 115 Å². The lowest BCUT2D eigenvalue weighted by Gasteiger charge is -2.31. The fourth-order valence-corrected chi connectivity index (χ4v) is 2.20. The van der Waals surface area contributed by atoms with Gasteiger partial charge in [-0.25, -0.2) is 4.98 Å². The maximum atomic E-state index is 12.5. The maximum absolute atomic E-state index is 12.5. The summed E-state index contributed by atoms with van der Waals surface area (Å²) in [7, 11) is 0. The number of carbonyl (C=O) groups excluding carboxylic acids is 1. The Morgan fingerprint density at radius 1 is 1.26 bits per heavy atom. The van der Waals surface area contributed by atoms with E-state index in [1.54, 1.807) is 0 Å². The Morgan fingerprint density at radius 3 is 2.32 bits per heavy atom. The van der Waals surface area contributed by atoms with Crippen LogP contribution in [0.1, 0.15) is 63.9 Å². The summed E-state index contributed by atoms with van der Waals surface area (Å²) >= 11 is 0. The second-order valence-corrected chi connectivity index (χ2v) is 5.28. The molecule has 0 radical (unpaired) electrons. The first kappa shape index (κ1) is 15.7. The van der Waals surface area contributed by atoms with Crippen molar-refractivity contribution in [1.82, 2.24) is 20.1 Å². The van der Waals surface area contributed by atoms with Crippen LogP contribution in [0.5, 0.6) is 0 Å². The van der Waals surface area contributed by atoms with Crippen molar-refractivity contribution in [3.05, 3.63) is 11.6 Å². The number of rotatable bonds is 7. The number of nitrogens with one attached hydrogen (secondary N) is 1. The van der Waals surface area contributed by atoms with Crippen LogP contribution in [-0.2, 0) is 6.42 Å². The van der Waals surface area contributed by atoms with E-state index in [1.807, 2.05) is 11.8 Å². The molecular formula is C14H26N4O. The van der Waals surface area contributed by atoms with Crippen molar-refractivity contribution in [2.24, 2.45) is 5.92 Å². The third-order valence-electron chi connectivity index (χ3n) is 3.26. The third-order valence-corrected chi connectivity index (χ3v) is 3.26. The average molecular weight is 266 g/mol. The van der Waals surface area contributed by atoms with Gasteiger partial charge in [0.2, 0.25) is 5.82 Å². The summed E-state index contributed by atoms with van der Waals surface area (Å²) < 4.78 is 0. The molecule has 0 aliphatic carbocycles. The molecule has 1 aromatic heterocycles. The van der Waals surface area contributed by atoms with E-state index in [4.69, 9.17) is 0 Å². The minimum absolute atomic E-state index is 0.0571. The highest BCUT2D eigenvalue weighted by molar-refractivity contribution is 5.90. The first-order valence-corrected chi connectivity index (χ1v) is 7.25. The van der Waals surface area contributed by atoms with Gasteiger partial charge in [0.1, 0.15) is 5.82 Å². The number of hydrogen-bond acceptors (Lipinski definition) is 3. The Morgan fingerprint density at radius 2 is 1.89 bits per heavy atom. The van der Waals surface area contributed by atoms with E-state index in [-0.39, 0.29) is 11.9 Å². The lowest BCUT2D eigenvalue weighted by molar-refractivity contribution is 0.0628. The number of H-pyrrole nitrogens is 1. The van der Waals surface area contributed by atoms with Gasteiger partial charge in [0.25, 0.3) is 5.91 Å². The van der Waals surface area contributed by atoms with Crippen molar-refractivity contribution in [3.8, 4) is 0 Å². The summed E-state index contributed by atoms with van der Waals surface area (Å²) in [6.45, 7) is 11.2. The summed E-state index contributed by atoms with van der Waals surface area (Å²) in [4.78, 5) is 18.7. The largest absolute Gasteiger partial charge is 0.333 e. The Kier molecular flexibility index (Phi) is 5.99. The molecule has 0 spiro atoms. The summed E-state index contributed by atoms with van der Waals surface area (Å²) in [5.74, 6) is 1.44. The summed E-state index contributed by atoms with van der Waals surface area (Å²) in [6, 6.07) is 0.262. The first-order chi connectivity index (χ1) is 9.03. The van der Waals surface area contributed by atoms with Crippen molar-refractivity contribution in [1.29, 1.82) is 0 Å². The van der Waals surface area contributed by atoms with Crippen molar-refractivity contribution < 1.29 is 4.79 Å². The zero-order valence-electron chi connectivity index (χ0n) is 12.7. The SMILES string of the molecule is CCc1nc(C(=O)N(CC(C)C)C(CC)CC)n[nH]1. The average Bonchev–Trinajstić information content (AvgIpc) is 2.86. The van der Waals surface area contributed by atoms with E-state index < -0.39 is 0 Å². The molecule has 108 valence electrons. The number of amides is 1. The van der Waals surface area contributed by atoms with E-state index in [0.29, 0.717) is 11.7 Å². The number of hydrogen-bond donors (Lipinski definition) is 1. The first-order valence-electron chi connectivity index (χ1n) is 7.25. The molecule has 0 bridgehead atoms. The molecule has 0 aliphatic heterocycles. The van der Waals surface area contributed by atoms with Crippen molar-refractivity contribution in [3.63, 3.8) is 0 Å². The molecule has 5 heteroatoms. The molecular weight excluding hydrogens is 240 g/mol. The smallest absolute Gasteiger partial charge is 0.293 e. The van der Waals surface area contributed by atoms with Gasteiger partial charge < -0.3 is 4.90 Å². The van der Waals surface area contributed by atoms with Gasteiger partial charge in [0.15, 0.2) is 0 Å². The van der Waals surface area contributed by atoms with Gasteiger partial charge in [0.05, 0.1) is 0 Å². The van der Waals surface area contributed by atoms with E-state index in [2.05, 4.69) is 42.9 Å². The molecule has 1 rings (SSSR count). The van der Waals surface area contributed by atoms with Crippen LogP contribution >= 0.6 is 0 Å². The second-order valence-electron chi connectivity index (χ2n) is 5.28. The predicted molar refractivity (Wildman–Crippen MR) is 76.0 cm³/mol. The zero-order chi connectivity index (χ0) is 14.4. The molecule has 0 saturated carbocycles. The highest BCUT2D eigenvalue weighted by atomic mass is 16.2. The lowest BCUT2D eigenvalue weighted by atomic mass is 10.1. The maximum Gasteiger partial charge on any atom is 0.293 e. The third kappa shape index (κ3) is 4.04. The monoisotopic (exact) mass is 266 g/mol. The van der Waals surface area contributed by atoms with Gasteiger partial charge >= 0.3 is 0 Å². The molecule has 5 nitrogen and oxygen atoms in total. The van der Waals surface area contributed by atoms with E-state index >= 15 is 0 Å². The Hall–Kier alpha value is -1.39. The Balaban J connectivity index is 2.92. The molecule has 1 amide bonds. The quantitative estimate of drug-likeness (QED) is 0.825. The van der Waals surface area contributed by atoms with Gasteiger partial charge in [-0.05, 0) is 18.8 Å². The van der Waals surface area contributed by atoms with Crippen LogP contribution in [0, 0.1) is 5.92 Å². The van der Waals surface area contributed by atoms with Crippen LogP contribution in [0.25, 0.3) is 0 Å². The summed E-state index contributed by atoms with van der Waals surface area (Å²) in [5.41, 5.74) is 0. The van der Waals surface area contributed by atoms with E-state index in [9.17, 15) is 4.79 Å². The normalized spacial score (nSPS) is 11.3. The van der Waals surface area contributed by atoms with Crippen LogP contribution in [0.2, 0.25) is 0 Å². The fraction of sp³-hybridized carbons (Fsp3) is 0.786. The number of nitrogens with zero attached hydrogens (tertiary/aromatic N) is 3. The number of aromatic amines is 1. The van der Waals surface area contributed by atoms with Crippen LogP contribution in [0.15, 0.2) is 0 Å². The topological polar surface area (TPSA) is 61.9 Å². The Bertz CT molecular complexity index is 396. The molecule has 1 aromatic rings. The van der Waals surface area contributed by atoms with Crippen LogP contribution in [0.3, 0.4) is 0 Å². The molecule has 0 unspecified atom stereocenters. The second kappa shape index (κ2) is 7.26. The molecule has 0 atom stereocenters. The predicted octanol–water partition coefficient (Wildman–Crippen LogP) is 2.65. The lowest BCUT2D eigenvalue weighted by Crippen LogP contribution is -2.42. The zero-order valence-corrected chi connectivity index (χ0v) is 12.7. The van der Waals surface area contributed by atoms with Crippen LogP contribution < -0.4 is 0 Å². The van der Waals surface area contributed by atoms with Gasteiger partial charge in [-0.3, -0.25) is 9.89 Å². The van der Waals surface area contributed by atoms with Gasteiger partial charge in [0, 0.05) is 19.0 Å². The van der Waals surface area contributed by atoms with Gasteiger partial charge in [-0.1, -0.05) is 34.6 Å². The number of carbonyl (C=O) groups is 1. The van der Waals surface area contributed by atoms with E-state index in [0.717, 1.165) is 31.6 Å². The van der Waals surface area contributed by atoms with E-state index in [1.165, 1.54) is 0 Å². The number of aromatic nitrogens is 3. The van der Waals surface area contributed by atoms with Crippen molar-refractivity contribution >= 4 is 5.91 Å². The van der Waals surface area contributed by atoms with Gasteiger partial charge in [-0.2, -0.15) is 0 Å². The minimum Gasteiger partial charge on any atom is -0.333 e. The van der Waals surface area contributed by atoms with Gasteiger partial charge in [-0.15, -0.1) is 5.10 Å². The van der Waals surface area contributed by atoms with Crippen LogP contribution in [-0.4, -0.2) is 38.6 Å². The molecule has 0 aliphatic rings. The molecule has 1 heterocycles. The molecule has 0 saturated heterocycles. The molecule has 0 fully saturated rings. The fourth-order valence-electron chi connectivity index (χ4n) is 2.20. The minimum atomic E-state index is -0.0571. The molecule has 19 heavy (non-hydrogen) atoms. The molecule has 0 aromatic carbocycles.